The lowest BCUT2D eigenvalue weighted by Gasteiger charge is -2.34. The van der Waals surface area contributed by atoms with E-state index >= 15 is 0 Å². The monoisotopic (exact) mass is 445 g/mol. The lowest BCUT2D eigenvalue weighted by Crippen LogP contribution is -2.46. The number of rotatable bonds is 4. The molecule has 1 aliphatic heterocycles. The van der Waals surface area contributed by atoms with Gasteiger partial charge in [-0.3, -0.25) is 0 Å². The third-order valence-corrected chi connectivity index (χ3v) is 7.11. The predicted molar refractivity (Wildman–Crippen MR) is 101 cm³/mol. The SMILES string of the molecule is COC(=O)N1CCC(C(F)(F)S(=O)(=O)c2ccc(-c3ccc(F)cc3F)cc2)CC1. The topological polar surface area (TPSA) is 63.7 Å². The maximum atomic E-state index is 14.9. The number of piperidine rings is 1. The number of sulfone groups is 1. The van der Waals surface area contributed by atoms with Crippen molar-refractivity contribution < 1.29 is 35.5 Å². The normalized spacial score (nSPS) is 15.8. The minimum absolute atomic E-state index is 0.0160. The van der Waals surface area contributed by atoms with Gasteiger partial charge in [0, 0.05) is 30.6 Å². The van der Waals surface area contributed by atoms with Crippen LogP contribution in [0.15, 0.2) is 47.4 Å². The molecule has 1 fully saturated rings. The molecule has 0 aromatic heterocycles. The molecular weight excluding hydrogens is 426 g/mol. The van der Waals surface area contributed by atoms with E-state index in [2.05, 4.69) is 4.74 Å². The van der Waals surface area contributed by atoms with Gasteiger partial charge in [-0.15, -0.1) is 0 Å². The van der Waals surface area contributed by atoms with Crippen molar-refractivity contribution in [3.63, 3.8) is 0 Å². The zero-order chi connectivity index (χ0) is 22.1. The first kappa shape index (κ1) is 22.1. The zero-order valence-corrected chi connectivity index (χ0v) is 16.8. The van der Waals surface area contributed by atoms with Crippen LogP contribution in [0, 0.1) is 17.6 Å². The standard InChI is InChI=1S/C20H19F4NO4S/c1-29-19(26)25-10-8-14(9-11-25)20(23,24)30(27,28)16-5-2-13(3-6-16)17-7-4-15(21)12-18(17)22/h2-7,12,14H,8-11H2,1H3. The van der Waals surface area contributed by atoms with Crippen LogP contribution in [0.3, 0.4) is 0 Å². The van der Waals surface area contributed by atoms with Gasteiger partial charge in [0.05, 0.1) is 12.0 Å². The highest BCUT2D eigenvalue weighted by molar-refractivity contribution is 7.92. The lowest BCUT2D eigenvalue weighted by atomic mass is 9.97. The summed E-state index contributed by atoms with van der Waals surface area (Å²) in [5, 5.41) is -4.04. The van der Waals surface area contributed by atoms with Crippen LogP contribution in [0.1, 0.15) is 12.8 Å². The number of halogens is 4. The molecule has 0 radical (unpaired) electrons. The molecule has 1 heterocycles. The van der Waals surface area contributed by atoms with Crippen molar-refractivity contribution in [3.05, 3.63) is 54.1 Å². The number of methoxy groups -OCH3 is 1. The van der Waals surface area contributed by atoms with E-state index in [1.165, 1.54) is 30.2 Å². The molecule has 3 rings (SSSR count). The highest BCUT2D eigenvalue weighted by Gasteiger charge is 2.53. The van der Waals surface area contributed by atoms with Crippen molar-refractivity contribution in [1.29, 1.82) is 0 Å². The smallest absolute Gasteiger partial charge is 0.409 e. The van der Waals surface area contributed by atoms with E-state index in [4.69, 9.17) is 0 Å². The summed E-state index contributed by atoms with van der Waals surface area (Å²) in [5.41, 5.74) is 0.239. The van der Waals surface area contributed by atoms with Crippen LogP contribution in [-0.4, -0.2) is 44.9 Å². The Bertz CT molecular complexity index is 1030. The number of carbonyl (C=O) groups is 1. The highest BCUT2D eigenvalue weighted by atomic mass is 32.2. The number of ether oxygens (including phenoxy) is 1. The number of hydrogen-bond acceptors (Lipinski definition) is 4. The summed E-state index contributed by atoms with van der Waals surface area (Å²) in [6.07, 6.45) is -1.04. The number of nitrogens with zero attached hydrogens (tertiary/aromatic N) is 1. The molecule has 0 aliphatic carbocycles. The van der Waals surface area contributed by atoms with Gasteiger partial charge in [-0.2, -0.15) is 8.78 Å². The fourth-order valence-electron chi connectivity index (χ4n) is 3.44. The molecule has 0 atom stereocenters. The van der Waals surface area contributed by atoms with Gasteiger partial charge in [-0.1, -0.05) is 12.1 Å². The second-order valence-electron chi connectivity index (χ2n) is 6.95. The van der Waals surface area contributed by atoms with Crippen LogP contribution < -0.4 is 0 Å². The molecule has 0 N–H and O–H groups in total. The first-order valence-electron chi connectivity index (χ1n) is 9.08. The molecule has 30 heavy (non-hydrogen) atoms. The Labute approximate surface area is 171 Å². The lowest BCUT2D eigenvalue weighted by molar-refractivity contribution is -0.00474. The summed E-state index contributed by atoms with van der Waals surface area (Å²) >= 11 is 0. The van der Waals surface area contributed by atoms with Crippen LogP contribution in [0.5, 0.6) is 0 Å². The van der Waals surface area contributed by atoms with Crippen molar-refractivity contribution in [3.8, 4) is 11.1 Å². The summed E-state index contributed by atoms with van der Waals surface area (Å²) in [5.74, 6) is -3.08. The Hall–Kier alpha value is -2.62. The van der Waals surface area contributed by atoms with Gasteiger partial charge < -0.3 is 9.64 Å². The third-order valence-electron chi connectivity index (χ3n) is 5.17. The Balaban J connectivity index is 1.81. The largest absolute Gasteiger partial charge is 0.453 e. The summed E-state index contributed by atoms with van der Waals surface area (Å²) in [6.45, 7) is -0.0730. The molecule has 2 aromatic carbocycles. The van der Waals surface area contributed by atoms with Crippen molar-refractivity contribution in [2.24, 2.45) is 5.92 Å². The van der Waals surface area contributed by atoms with E-state index < -0.39 is 43.6 Å². The van der Waals surface area contributed by atoms with Gasteiger partial charge in [0.1, 0.15) is 11.6 Å². The van der Waals surface area contributed by atoms with E-state index in [1.807, 2.05) is 0 Å². The summed E-state index contributed by atoms with van der Waals surface area (Å²) in [6, 6.07) is 7.23. The first-order valence-corrected chi connectivity index (χ1v) is 10.6. The molecule has 10 heteroatoms. The Morgan fingerprint density at radius 1 is 1.07 bits per heavy atom. The second kappa shape index (κ2) is 8.25. The maximum Gasteiger partial charge on any atom is 0.409 e. The third kappa shape index (κ3) is 4.00. The van der Waals surface area contributed by atoms with E-state index in [1.54, 1.807) is 0 Å². The van der Waals surface area contributed by atoms with E-state index in [-0.39, 0.29) is 37.1 Å². The fourth-order valence-corrected chi connectivity index (χ4v) is 4.92. The fraction of sp³-hybridized carbons (Fsp3) is 0.350. The molecule has 0 spiro atoms. The maximum absolute atomic E-state index is 14.9. The summed E-state index contributed by atoms with van der Waals surface area (Å²) < 4.78 is 86.5. The highest BCUT2D eigenvalue weighted by Crippen LogP contribution is 2.41. The van der Waals surface area contributed by atoms with Crippen LogP contribution in [-0.2, 0) is 14.6 Å². The second-order valence-corrected chi connectivity index (χ2v) is 8.97. The Kier molecular flexibility index (Phi) is 6.07. The zero-order valence-electron chi connectivity index (χ0n) is 15.9. The Morgan fingerprint density at radius 2 is 1.67 bits per heavy atom. The number of hydrogen-bond donors (Lipinski definition) is 0. The molecule has 0 unspecified atom stereocenters. The average molecular weight is 445 g/mol. The average Bonchev–Trinajstić information content (AvgIpc) is 2.73. The number of amides is 1. The minimum Gasteiger partial charge on any atom is -0.453 e. The molecular formula is C20H19F4NO4S. The molecule has 1 aliphatic rings. The van der Waals surface area contributed by atoms with Crippen LogP contribution in [0.4, 0.5) is 22.4 Å². The van der Waals surface area contributed by atoms with E-state index in [0.29, 0.717) is 6.07 Å². The van der Waals surface area contributed by atoms with Crippen LogP contribution in [0.2, 0.25) is 0 Å². The molecule has 2 aromatic rings. The van der Waals surface area contributed by atoms with Gasteiger partial charge in [-0.25, -0.2) is 22.0 Å². The number of benzene rings is 2. The number of carbonyl (C=O) groups excluding carboxylic acids is 1. The molecule has 0 saturated carbocycles. The van der Waals surface area contributed by atoms with Crippen molar-refractivity contribution in [1.82, 2.24) is 4.90 Å². The Morgan fingerprint density at radius 3 is 2.20 bits per heavy atom. The molecule has 1 amide bonds. The molecule has 162 valence electrons. The number of alkyl halides is 2. The molecule has 5 nitrogen and oxygen atoms in total. The van der Waals surface area contributed by atoms with E-state index in [9.17, 15) is 30.8 Å². The van der Waals surface area contributed by atoms with E-state index in [0.717, 1.165) is 18.2 Å². The van der Waals surface area contributed by atoms with Gasteiger partial charge >= 0.3 is 11.3 Å². The predicted octanol–water partition coefficient (Wildman–Crippen LogP) is 4.48. The van der Waals surface area contributed by atoms with Gasteiger partial charge in [0.2, 0.25) is 9.84 Å². The van der Waals surface area contributed by atoms with Crippen molar-refractivity contribution in [2.45, 2.75) is 23.0 Å². The van der Waals surface area contributed by atoms with Crippen LogP contribution in [0.25, 0.3) is 11.1 Å². The summed E-state index contributed by atoms with van der Waals surface area (Å²) in [4.78, 5) is 12.1. The number of likely N-dealkylation sites (tertiary alicyclic amines) is 1. The summed E-state index contributed by atoms with van der Waals surface area (Å²) in [7, 11) is -3.84. The minimum atomic E-state index is -5.02. The quantitative estimate of drug-likeness (QED) is 0.652. The van der Waals surface area contributed by atoms with Gasteiger partial charge in [0.25, 0.3) is 0 Å². The van der Waals surface area contributed by atoms with Gasteiger partial charge in [-0.05, 0) is 42.7 Å². The molecule has 1 saturated heterocycles. The van der Waals surface area contributed by atoms with Crippen molar-refractivity contribution in [2.75, 3.05) is 20.2 Å². The van der Waals surface area contributed by atoms with Gasteiger partial charge in [0.15, 0.2) is 0 Å². The van der Waals surface area contributed by atoms with Crippen molar-refractivity contribution >= 4 is 15.9 Å². The molecule has 0 bridgehead atoms. The first-order chi connectivity index (χ1) is 14.1. The van der Waals surface area contributed by atoms with Crippen LogP contribution >= 0.6 is 0 Å².